The minimum absolute atomic E-state index is 0.0578. The molecular weight excluding hydrogens is 214 g/mol. The van der Waals surface area contributed by atoms with Crippen molar-refractivity contribution in [1.82, 2.24) is 10.2 Å². The Morgan fingerprint density at radius 1 is 1.53 bits per heavy atom. The molecule has 1 heterocycles. The Labute approximate surface area is 94.6 Å². The number of carbonyl (C=O) groups excluding carboxylic acids is 1. The highest BCUT2D eigenvalue weighted by Crippen LogP contribution is 2.18. The second-order valence-electron chi connectivity index (χ2n) is 3.53. The predicted molar refractivity (Wildman–Crippen MR) is 61.4 cm³/mol. The molecule has 84 valence electrons. The van der Waals surface area contributed by atoms with Crippen LogP contribution in [0.15, 0.2) is 0 Å². The van der Waals surface area contributed by atoms with E-state index in [1.54, 1.807) is 11.9 Å². The van der Waals surface area contributed by atoms with E-state index in [9.17, 15) is 4.79 Å². The first kappa shape index (κ1) is 12.0. The topological polar surface area (TPSA) is 49.0 Å². The van der Waals surface area contributed by atoms with Crippen molar-refractivity contribution >= 4 is 23.3 Å². The van der Waals surface area contributed by atoms with Gasteiger partial charge in [-0.1, -0.05) is 0 Å². The average molecular weight is 230 g/mol. The molecule has 1 N–H and O–H groups in total. The average Bonchev–Trinajstić information content (AvgIpc) is 2.55. The van der Waals surface area contributed by atoms with Crippen LogP contribution in [0.2, 0.25) is 0 Å². The molecule has 0 aliphatic carbocycles. The third-order valence-electron chi connectivity index (χ3n) is 2.46. The van der Waals surface area contributed by atoms with E-state index < -0.39 is 0 Å². The van der Waals surface area contributed by atoms with Crippen LogP contribution in [0.3, 0.4) is 0 Å². The van der Waals surface area contributed by atoms with E-state index in [1.165, 1.54) is 0 Å². The molecule has 1 amide bonds. The molecule has 0 aliphatic heterocycles. The Balaban J connectivity index is 2.71. The zero-order chi connectivity index (χ0) is 11.4. The number of hydrogen-bond donors (Lipinski definition) is 1. The molecule has 0 fully saturated rings. The summed E-state index contributed by atoms with van der Waals surface area (Å²) in [5.74, 6) is 1.34. The van der Waals surface area contributed by atoms with Gasteiger partial charge in [-0.05, 0) is 20.3 Å². The van der Waals surface area contributed by atoms with Gasteiger partial charge >= 0.3 is 0 Å². The number of rotatable bonds is 4. The lowest BCUT2D eigenvalue weighted by Crippen LogP contribution is -2.26. The summed E-state index contributed by atoms with van der Waals surface area (Å²) in [5, 5.41) is 6.91. The number of aromatic nitrogens is 2. The summed E-state index contributed by atoms with van der Waals surface area (Å²) in [5.41, 5.74) is 1.93. The summed E-state index contributed by atoms with van der Waals surface area (Å²) < 4.78 is 0. The minimum atomic E-state index is 0.0578. The number of carbonyl (C=O) groups is 1. The number of halogens is 1. The molecule has 0 saturated heterocycles. The first-order valence-corrected chi connectivity index (χ1v) is 5.45. The van der Waals surface area contributed by atoms with Crippen molar-refractivity contribution in [2.24, 2.45) is 0 Å². The Morgan fingerprint density at radius 2 is 2.20 bits per heavy atom. The van der Waals surface area contributed by atoms with Crippen LogP contribution in [0.25, 0.3) is 0 Å². The monoisotopic (exact) mass is 229 g/mol. The normalized spacial score (nSPS) is 10.4. The van der Waals surface area contributed by atoms with Gasteiger partial charge in [0.1, 0.15) is 5.82 Å². The van der Waals surface area contributed by atoms with Gasteiger partial charge in [0.2, 0.25) is 5.91 Å². The summed E-state index contributed by atoms with van der Waals surface area (Å²) in [4.78, 5) is 13.3. The van der Waals surface area contributed by atoms with Gasteiger partial charge in [0.25, 0.3) is 0 Å². The fourth-order valence-corrected chi connectivity index (χ4v) is 1.45. The number of aryl methyl sites for hydroxylation is 1. The second kappa shape index (κ2) is 5.16. The summed E-state index contributed by atoms with van der Waals surface area (Å²) in [6.45, 7) is 3.85. The second-order valence-corrected chi connectivity index (χ2v) is 3.91. The molecule has 1 rings (SSSR count). The lowest BCUT2D eigenvalue weighted by atomic mass is 10.2. The summed E-state index contributed by atoms with van der Waals surface area (Å²) >= 11 is 5.54. The highest BCUT2D eigenvalue weighted by molar-refractivity contribution is 6.18. The Morgan fingerprint density at radius 3 is 2.67 bits per heavy atom. The van der Waals surface area contributed by atoms with Gasteiger partial charge in [0.15, 0.2) is 0 Å². The molecule has 0 aromatic carbocycles. The molecule has 1 aromatic rings. The van der Waals surface area contributed by atoms with Crippen molar-refractivity contribution in [2.45, 2.75) is 26.7 Å². The molecule has 0 radical (unpaired) electrons. The van der Waals surface area contributed by atoms with E-state index >= 15 is 0 Å². The number of alkyl halides is 1. The van der Waals surface area contributed by atoms with Crippen molar-refractivity contribution < 1.29 is 4.79 Å². The molecule has 1 aromatic heterocycles. The van der Waals surface area contributed by atoms with E-state index in [2.05, 4.69) is 10.2 Å². The maximum Gasteiger partial charge on any atom is 0.227 e. The van der Waals surface area contributed by atoms with Gasteiger partial charge < -0.3 is 4.90 Å². The van der Waals surface area contributed by atoms with Crippen LogP contribution in [0.4, 0.5) is 5.82 Å². The van der Waals surface area contributed by atoms with Crippen molar-refractivity contribution in [3.05, 3.63) is 11.3 Å². The van der Waals surface area contributed by atoms with Crippen molar-refractivity contribution in [2.75, 3.05) is 17.8 Å². The third kappa shape index (κ3) is 2.72. The molecule has 0 unspecified atom stereocenters. The summed E-state index contributed by atoms with van der Waals surface area (Å²) in [6.07, 6.45) is 1.18. The predicted octanol–water partition coefficient (Wildman–Crippen LogP) is 2.01. The number of H-pyrrole nitrogens is 1. The number of anilines is 1. The standard InChI is InChI=1S/C10H16ClN3O/c1-7-8(2)12-13-10(7)14(3)9(15)5-4-6-11/h4-6H2,1-3H3,(H,12,13). The van der Waals surface area contributed by atoms with Crippen LogP contribution in [0.5, 0.6) is 0 Å². The lowest BCUT2D eigenvalue weighted by Gasteiger charge is -2.15. The fraction of sp³-hybridized carbons (Fsp3) is 0.600. The third-order valence-corrected chi connectivity index (χ3v) is 2.73. The van der Waals surface area contributed by atoms with E-state index in [4.69, 9.17) is 11.6 Å². The van der Waals surface area contributed by atoms with E-state index in [1.807, 2.05) is 13.8 Å². The lowest BCUT2D eigenvalue weighted by molar-refractivity contribution is -0.118. The number of nitrogens with one attached hydrogen (secondary N) is 1. The van der Waals surface area contributed by atoms with Crippen LogP contribution in [0, 0.1) is 13.8 Å². The highest BCUT2D eigenvalue weighted by Gasteiger charge is 2.15. The zero-order valence-corrected chi connectivity index (χ0v) is 10.1. The van der Waals surface area contributed by atoms with Crippen LogP contribution < -0.4 is 4.90 Å². The number of nitrogens with zero attached hydrogens (tertiary/aromatic N) is 2. The Hall–Kier alpha value is -1.03. The van der Waals surface area contributed by atoms with Crippen molar-refractivity contribution in [3.63, 3.8) is 0 Å². The molecule has 4 nitrogen and oxygen atoms in total. The van der Waals surface area contributed by atoms with E-state index in [-0.39, 0.29) is 5.91 Å². The van der Waals surface area contributed by atoms with Gasteiger partial charge in [-0.2, -0.15) is 5.10 Å². The summed E-state index contributed by atoms with van der Waals surface area (Å²) in [7, 11) is 1.75. The van der Waals surface area contributed by atoms with Gasteiger partial charge in [-0.15, -0.1) is 11.6 Å². The molecule has 0 spiro atoms. The van der Waals surface area contributed by atoms with Crippen LogP contribution in [0.1, 0.15) is 24.1 Å². The largest absolute Gasteiger partial charge is 0.300 e. The van der Waals surface area contributed by atoms with Gasteiger partial charge in [0.05, 0.1) is 5.69 Å². The molecular formula is C10H16ClN3O. The molecule has 0 bridgehead atoms. The maximum absolute atomic E-state index is 11.7. The Kier molecular flexibility index (Phi) is 4.15. The summed E-state index contributed by atoms with van der Waals surface area (Å²) in [6, 6.07) is 0. The first-order chi connectivity index (χ1) is 7.07. The number of hydrogen-bond acceptors (Lipinski definition) is 2. The van der Waals surface area contributed by atoms with Gasteiger partial charge in [-0.3, -0.25) is 9.89 Å². The van der Waals surface area contributed by atoms with E-state index in [0.717, 1.165) is 17.1 Å². The van der Waals surface area contributed by atoms with E-state index in [0.29, 0.717) is 18.7 Å². The first-order valence-electron chi connectivity index (χ1n) is 4.92. The van der Waals surface area contributed by atoms with Crippen molar-refractivity contribution in [3.8, 4) is 0 Å². The molecule has 15 heavy (non-hydrogen) atoms. The van der Waals surface area contributed by atoms with Gasteiger partial charge in [-0.25, -0.2) is 0 Å². The minimum Gasteiger partial charge on any atom is -0.300 e. The van der Waals surface area contributed by atoms with Gasteiger partial charge in [0, 0.05) is 24.9 Å². The molecule has 0 atom stereocenters. The van der Waals surface area contributed by atoms with Crippen LogP contribution in [-0.4, -0.2) is 29.0 Å². The molecule has 0 aliphatic rings. The SMILES string of the molecule is Cc1n[nH]c(N(C)C(=O)CCCCl)c1C. The number of amides is 1. The Bertz CT molecular complexity index is 348. The van der Waals surface area contributed by atoms with Crippen LogP contribution >= 0.6 is 11.6 Å². The van der Waals surface area contributed by atoms with Crippen molar-refractivity contribution in [1.29, 1.82) is 0 Å². The molecule has 5 heteroatoms. The fourth-order valence-electron chi connectivity index (χ4n) is 1.31. The quantitative estimate of drug-likeness (QED) is 0.803. The zero-order valence-electron chi connectivity index (χ0n) is 9.30. The smallest absolute Gasteiger partial charge is 0.227 e. The highest BCUT2D eigenvalue weighted by atomic mass is 35.5. The maximum atomic E-state index is 11.7. The number of aromatic amines is 1. The molecule has 0 saturated carbocycles. The van der Waals surface area contributed by atoms with Crippen LogP contribution in [-0.2, 0) is 4.79 Å².